The van der Waals surface area contributed by atoms with Crippen molar-refractivity contribution < 1.29 is 9.47 Å². The van der Waals surface area contributed by atoms with Crippen molar-refractivity contribution >= 4 is 29.9 Å². The van der Waals surface area contributed by atoms with Crippen LogP contribution in [-0.2, 0) is 13.6 Å². The third-order valence-electron chi connectivity index (χ3n) is 4.32. The maximum absolute atomic E-state index is 5.76. The Hall–Kier alpha value is -1.97. The minimum atomic E-state index is 0. The lowest BCUT2D eigenvalue weighted by Crippen LogP contribution is -2.38. The van der Waals surface area contributed by atoms with Crippen LogP contribution in [0.3, 0.4) is 0 Å². The first-order valence-electron chi connectivity index (χ1n) is 9.33. The fourth-order valence-corrected chi connectivity index (χ4v) is 2.71. The Morgan fingerprint density at radius 2 is 1.96 bits per heavy atom. The molecular formula is C20H32IN5O2. The van der Waals surface area contributed by atoms with Gasteiger partial charge in [0.2, 0.25) is 0 Å². The van der Waals surface area contributed by atoms with E-state index in [1.807, 2.05) is 42.9 Å². The summed E-state index contributed by atoms with van der Waals surface area (Å²) < 4.78 is 12.9. The van der Waals surface area contributed by atoms with Crippen molar-refractivity contribution in [2.45, 2.75) is 33.7 Å². The molecule has 0 saturated heterocycles. The first-order chi connectivity index (χ1) is 13.0. The van der Waals surface area contributed by atoms with Gasteiger partial charge >= 0.3 is 0 Å². The highest BCUT2D eigenvalue weighted by molar-refractivity contribution is 14.0. The summed E-state index contributed by atoms with van der Waals surface area (Å²) >= 11 is 0. The lowest BCUT2D eigenvalue weighted by Gasteiger charge is -2.12. The van der Waals surface area contributed by atoms with Gasteiger partial charge in [0.25, 0.3) is 0 Å². The number of aliphatic imine (C=N–C) groups is 1. The van der Waals surface area contributed by atoms with Crippen LogP contribution >= 0.6 is 24.0 Å². The Kier molecular flexibility index (Phi) is 10.7. The molecule has 1 aromatic carbocycles. The smallest absolute Gasteiger partial charge is 0.191 e. The van der Waals surface area contributed by atoms with Crippen LogP contribution in [-0.4, -0.2) is 42.5 Å². The third-order valence-corrected chi connectivity index (χ3v) is 4.32. The highest BCUT2D eigenvalue weighted by atomic mass is 127. The molecule has 0 amide bonds. The first kappa shape index (κ1) is 24.1. The van der Waals surface area contributed by atoms with Gasteiger partial charge in [0.1, 0.15) is 11.5 Å². The highest BCUT2D eigenvalue weighted by Gasteiger charge is 2.08. The second kappa shape index (κ2) is 12.5. The molecule has 7 nitrogen and oxygen atoms in total. The molecule has 0 saturated carbocycles. The SMILES string of the molecule is CCNC(=NCc1c(C)nn(C)c1C)NCCCOc1cccc(OC)c1.I. The van der Waals surface area contributed by atoms with Crippen molar-refractivity contribution in [3.8, 4) is 11.5 Å². The lowest BCUT2D eigenvalue weighted by molar-refractivity contribution is 0.308. The second-order valence-electron chi connectivity index (χ2n) is 6.28. The van der Waals surface area contributed by atoms with Crippen molar-refractivity contribution in [3.63, 3.8) is 0 Å². The van der Waals surface area contributed by atoms with E-state index >= 15 is 0 Å². The molecule has 28 heavy (non-hydrogen) atoms. The van der Waals surface area contributed by atoms with Gasteiger partial charge in [0.05, 0.1) is 26.0 Å². The summed E-state index contributed by atoms with van der Waals surface area (Å²) in [5, 5.41) is 11.1. The number of ether oxygens (including phenoxy) is 2. The van der Waals surface area contributed by atoms with Gasteiger partial charge in [0, 0.05) is 37.5 Å². The number of rotatable bonds is 9. The van der Waals surface area contributed by atoms with Gasteiger partial charge in [-0.15, -0.1) is 24.0 Å². The predicted molar refractivity (Wildman–Crippen MR) is 124 cm³/mol. The normalized spacial score (nSPS) is 11.0. The van der Waals surface area contributed by atoms with Crippen LogP contribution < -0.4 is 20.1 Å². The molecule has 2 aromatic rings. The van der Waals surface area contributed by atoms with Crippen LogP contribution in [0.4, 0.5) is 0 Å². The van der Waals surface area contributed by atoms with Crippen molar-refractivity contribution in [3.05, 3.63) is 41.2 Å². The molecule has 0 radical (unpaired) electrons. The zero-order valence-corrected chi connectivity index (χ0v) is 19.7. The summed E-state index contributed by atoms with van der Waals surface area (Å²) in [4.78, 5) is 4.68. The molecular weight excluding hydrogens is 469 g/mol. The highest BCUT2D eigenvalue weighted by Crippen LogP contribution is 2.18. The largest absolute Gasteiger partial charge is 0.497 e. The molecule has 0 aliphatic carbocycles. The fraction of sp³-hybridized carbons (Fsp3) is 0.500. The van der Waals surface area contributed by atoms with E-state index in [0.29, 0.717) is 13.2 Å². The molecule has 2 rings (SSSR count). The molecule has 2 N–H and O–H groups in total. The van der Waals surface area contributed by atoms with Crippen LogP contribution in [0.1, 0.15) is 30.3 Å². The van der Waals surface area contributed by atoms with E-state index in [2.05, 4.69) is 34.6 Å². The van der Waals surface area contributed by atoms with Gasteiger partial charge in [-0.2, -0.15) is 5.10 Å². The average Bonchev–Trinajstić information content (AvgIpc) is 2.91. The Morgan fingerprint density at radius 1 is 1.21 bits per heavy atom. The van der Waals surface area contributed by atoms with Crippen LogP contribution in [0, 0.1) is 13.8 Å². The zero-order valence-electron chi connectivity index (χ0n) is 17.4. The molecule has 0 spiro atoms. The zero-order chi connectivity index (χ0) is 19.6. The summed E-state index contributed by atoms with van der Waals surface area (Å²) in [5.74, 6) is 2.42. The number of hydrogen-bond acceptors (Lipinski definition) is 4. The molecule has 1 heterocycles. The van der Waals surface area contributed by atoms with Crippen LogP contribution in [0.2, 0.25) is 0 Å². The molecule has 0 aliphatic heterocycles. The average molecular weight is 501 g/mol. The number of hydrogen-bond donors (Lipinski definition) is 2. The van der Waals surface area contributed by atoms with Crippen LogP contribution in [0.15, 0.2) is 29.3 Å². The van der Waals surface area contributed by atoms with E-state index in [4.69, 9.17) is 9.47 Å². The Morgan fingerprint density at radius 3 is 2.61 bits per heavy atom. The molecule has 8 heteroatoms. The number of aromatic nitrogens is 2. The van der Waals surface area contributed by atoms with E-state index in [1.54, 1.807) is 7.11 Å². The van der Waals surface area contributed by atoms with Crippen LogP contribution in [0.25, 0.3) is 0 Å². The van der Waals surface area contributed by atoms with E-state index in [9.17, 15) is 0 Å². The number of aryl methyl sites for hydroxylation is 2. The minimum Gasteiger partial charge on any atom is -0.497 e. The molecule has 0 aliphatic rings. The molecule has 1 aromatic heterocycles. The lowest BCUT2D eigenvalue weighted by atomic mass is 10.2. The van der Waals surface area contributed by atoms with E-state index < -0.39 is 0 Å². The Balaban J connectivity index is 0.00000392. The van der Waals surface area contributed by atoms with Gasteiger partial charge in [-0.25, -0.2) is 4.99 Å². The van der Waals surface area contributed by atoms with E-state index in [-0.39, 0.29) is 24.0 Å². The van der Waals surface area contributed by atoms with Crippen molar-refractivity contribution in [2.24, 2.45) is 12.0 Å². The topological polar surface area (TPSA) is 72.7 Å². The van der Waals surface area contributed by atoms with Crippen molar-refractivity contribution in [1.82, 2.24) is 20.4 Å². The molecule has 0 bridgehead atoms. The van der Waals surface area contributed by atoms with Gasteiger partial charge in [-0.1, -0.05) is 6.07 Å². The summed E-state index contributed by atoms with van der Waals surface area (Å²) in [7, 11) is 3.61. The Labute approximate surface area is 184 Å². The summed E-state index contributed by atoms with van der Waals surface area (Å²) in [6, 6.07) is 7.64. The second-order valence-corrected chi connectivity index (χ2v) is 6.28. The molecule has 0 unspecified atom stereocenters. The number of benzene rings is 1. The fourth-order valence-electron chi connectivity index (χ4n) is 2.71. The maximum Gasteiger partial charge on any atom is 0.191 e. The van der Waals surface area contributed by atoms with Gasteiger partial charge in [-0.05, 0) is 39.3 Å². The summed E-state index contributed by atoms with van der Waals surface area (Å²) in [6.07, 6.45) is 0.868. The van der Waals surface area contributed by atoms with Gasteiger partial charge < -0.3 is 20.1 Å². The predicted octanol–water partition coefficient (Wildman–Crippen LogP) is 3.19. The number of methoxy groups -OCH3 is 1. The maximum atomic E-state index is 5.76. The number of guanidine groups is 1. The molecule has 0 fully saturated rings. The standard InChI is InChI=1S/C20H31N5O2.HI/c1-6-21-20(23-14-19-15(2)24-25(4)16(19)3)22-11-8-12-27-18-10-7-9-17(13-18)26-5;/h7,9-10,13H,6,8,11-12,14H2,1-5H3,(H2,21,22,23);1H. The van der Waals surface area contributed by atoms with Gasteiger partial charge in [-0.3, -0.25) is 4.68 Å². The number of halogens is 1. The molecule has 0 atom stereocenters. The van der Waals surface area contributed by atoms with E-state index in [0.717, 1.165) is 48.4 Å². The summed E-state index contributed by atoms with van der Waals surface area (Å²) in [6.45, 7) is 8.98. The summed E-state index contributed by atoms with van der Waals surface area (Å²) in [5.41, 5.74) is 3.36. The number of nitrogens with one attached hydrogen (secondary N) is 2. The molecule has 156 valence electrons. The quantitative estimate of drug-likeness (QED) is 0.239. The minimum absolute atomic E-state index is 0. The first-order valence-corrected chi connectivity index (χ1v) is 9.33. The third kappa shape index (κ3) is 7.21. The monoisotopic (exact) mass is 501 g/mol. The van der Waals surface area contributed by atoms with Crippen molar-refractivity contribution in [1.29, 1.82) is 0 Å². The Bertz CT molecular complexity index is 761. The van der Waals surface area contributed by atoms with Gasteiger partial charge in [0.15, 0.2) is 5.96 Å². The van der Waals surface area contributed by atoms with Crippen LogP contribution in [0.5, 0.6) is 11.5 Å². The number of nitrogens with zero attached hydrogens (tertiary/aromatic N) is 3. The van der Waals surface area contributed by atoms with E-state index in [1.165, 1.54) is 5.56 Å². The van der Waals surface area contributed by atoms with Crippen molar-refractivity contribution in [2.75, 3.05) is 26.8 Å².